The van der Waals surface area contributed by atoms with Gasteiger partial charge < -0.3 is 0 Å². The maximum atomic E-state index is 13.7. The molecule has 0 aromatic heterocycles. The van der Waals surface area contributed by atoms with Crippen molar-refractivity contribution in [1.29, 1.82) is 0 Å². The number of carbonyl (C=O) groups excluding carboxylic acids is 3. The maximum absolute atomic E-state index is 13.7. The van der Waals surface area contributed by atoms with Crippen LogP contribution in [0.5, 0.6) is 0 Å². The SMILES string of the molecule is O=C(c1ccccc1[N+](=O)[O-])N(Cc1ccc([N+](=O)[O-])cc1)N1C(=O)[C@@H]2[C@H]3C[C@@H]([C@@H](Br)[C@H]3Br)[C@H]2C1=O. The minimum Gasteiger partial charge on any atom is -0.272 e. The number of imide groups is 1. The second kappa shape index (κ2) is 9.04. The van der Waals surface area contributed by atoms with Gasteiger partial charge in [-0.2, -0.15) is 5.01 Å². The van der Waals surface area contributed by atoms with E-state index in [-0.39, 0.29) is 39.3 Å². The molecule has 6 atom stereocenters. The molecule has 2 saturated carbocycles. The molecule has 3 fully saturated rings. The van der Waals surface area contributed by atoms with Crippen molar-refractivity contribution in [3.8, 4) is 0 Å². The van der Waals surface area contributed by atoms with Crippen molar-refractivity contribution >= 4 is 61.0 Å². The molecule has 1 heterocycles. The van der Waals surface area contributed by atoms with Crippen molar-refractivity contribution in [2.24, 2.45) is 23.7 Å². The molecule has 13 heteroatoms. The van der Waals surface area contributed by atoms with Crippen molar-refractivity contribution in [2.45, 2.75) is 22.6 Å². The average molecular weight is 622 g/mol. The van der Waals surface area contributed by atoms with Crippen LogP contribution in [0.1, 0.15) is 22.3 Å². The van der Waals surface area contributed by atoms with Gasteiger partial charge in [0.15, 0.2) is 0 Å². The van der Waals surface area contributed by atoms with Crippen LogP contribution in [0.15, 0.2) is 48.5 Å². The highest BCUT2D eigenvalue weighted by Crippen LogP contribution is 2.60. The highest BCUT2D eigenvalue weighted by molar-refractivity contribution is 9.12. The first-order chi connectivity index (χ1) is 17.1. The Hall–Kier alpha value is -3.19. The number of hydrazine groups is 1. The Balaban J connectivity index is 1.55. The lowest BCUT2D eigenvalue weighted by molar-refractivity contribution is -0.385. The molecule has 0 radical (unpaired) electrons. The molecule has 0 spiro atoms. The van der Waals surface area contributed by atoms with Crippen molar-refractivity contribution in [2.75, 3.05) is 0 Å². The molecule has 2 aromatic rings. The first-order valence-corrected chi connectivity index (χ1v) is 12.9. The topological polar surface area (TPSA) is 144 Å². The number of nitrogens with zero attached hydrogens (tertiary/aromatic N) is 4. The van der Waals surface area contributed by atoms with E-state index in [1.54, 1.807) is 0 Å². The summed E-state index contributed by atoms with van der Waals surface area (Å²) in [5.41, 5.74) is -0.496. The number of hydrogen-bond acceptors (Lipinski definition) is 7. The van der Waals surface area contributed by atoms with Gasteiger partial charge in [0.25, 0.3) is 29.1 Å². The molecule has 0 unspecified atom stereocenters. The molecule has 186 valence electrons. The molecule has 2 aliphatic carbocycles. The van der Waals surface area contributed by atoms with Crippen LogP contribution in [0, 0.1) is 43.9 Å². The number of nitro groups is 2. The zero-order valence-corrected chi connectivity index (χ0v) is 21.6. The van der Waals surface area contributed by atoms with Crippen LogP contribution in [-0.2, 0) is 16.1 Å². The number of rotatable bonds is 6. The Labute approximate surface area is 221 Å². The lowest BCUT2D eigenvalue weighted by Crippen LogP contribution is -2.50. The fourth-order valence-corrected chi connectivity index (χ4v) is 7.53. The number of halogens is 2. The Bertz CT molecular complexity index is 1270. The van der Waals surface area contributed by atoms with Crippen LogP contribution in [-0.4, -0.2) is 47.2 Å². The predicted octanol–water partition coefficient (Wildman–Crippen LogP) is 3.84. The fourth-order valence-electron chi connectivity index (χ4n) is 5.65. The van der Waals surface area contributed by atoms with Gasteiger partial charge in [-0.1, -0.05) is 56.1 Å². The number of nitro benzene ring substituents is 2. The van der Waals surface area contributed by atoms with E-state index in [0.717, 1.165) is 10.0 Å². The number of hydrogen-bond donors (Lipinski definition) is 0. The third-order valence-electron chi connectivity index (χ3n) is 7.25. The molecule has 36 heavy (non-hydrogen) atoms. The number of amides is 3. The van der Waals surface area contributed by atoms with Crippen LogP contribution in [0.4, 0.5) is 11.4 Å². The highest BCUT2D eigenvalue weighted by atomic mass is 79.9. The van der Waals surface area contributed by atoms with Crippen LogP contribution < -0.4 is 0 Å². The minimum absolute atomic E-state index is 0.00511. The molecule has 2 bridgehead atoms. The standard InChI is InChI=1S/C23H18Br2N4O7/c24-19-14-9-15(20(19)25)18-17(14)22(31)27(23(18)32)26(10-11-5-7-12(8-6-11)28(33)34)21(30)13-3-1-2-4-16(13)29(35)36/h1-8,14-15,17-20H,9-10H2/t14-,15-,17-,18-,19-,20+/m1/s1. The number of para-hydroxylation sites is 1. The van der Waals surface area contributed by atoms with E-state index in [1.165, 1.54) is 48.5 Å². The second-order valence-electron chi connectivity index (χ2n) is 9.05. The average Bonchev–Trinajstić information content (AvgIpc) is 3.47. The predicted molar refractivity (Wildman–Crippen MR) is 132 cm³/mol. The molecule has 1 saturated heterocycles. The molecular weight excluding hydrogens is 604 g/mol. The van der Waals surface area contributed by atoms with E-state index in [4.69, 9.17) is 0 Å². The third kappa shape index (κ3) is 3.72. The number of non-ortho nitro benzene ring substituents is 1. The summed E-state index contributed by atoms with van der Waals surface area (Å²) in [5.74, 6) is -3.30. The quantitative estimate of drug-likeness (QED) is 0.206. The number of alkyl halides is 2. The molecule has 5 rings (SSSR count). The number of benzene rings is 2. The summed E-state index contributed by atoms with van der Waals surface area (Å²) >= 11 is 7.25. The van der Waals surface area contributed by atoms with E-state index < -0.39 is 45.1 Å². The minimum atomic E-state index is -0.888. The molecule has 2 aromatic carbocycles. The summed E-state index contributed by atoms with van der Waals surface area (Å²) in [7, 11) is 0. The largest absolute Gasteiger partial charge is 0.282 e. The van der Waals surface area contributed by atoms with E-state index in [0.29, 0.717) is 12.0 Å². The van der Waals surface area contributed by atoms with E-state index in [2.05, 4.69) is 31.9 Å². The van der Waals surface area contributed by atoms with Crippen LogP contribution in [0.2, 0.25) is 0 Å². The van der Waals surface area contributed by atoms with Gasteiger partial charge in [0.2, 0.25) is 0 Å². The van der Waals surface area contributed by atoms with Gasteiger partial charge in [-0.05, 0) is 29.9 Å². The summed E-state index contributed by atoms with van der Waals surface area (Å²) in [4.78, 5) is 62.3. The van der Waals surface area contributed by atoms with Gasteiger partial charge in [-0.3, -0.25) is 34.6 Å². The Morgan fingerprint density at radius 1 is 0.917 bits per heavy atom. The van der Waals surface area contributed by atoms with Gasteiger partial charge in [-0.15, -0.1) is 0 Å². The molecular formula is C23H18Br2N4O7. The number of fused-ring (bicyclic) bond motifs is 5. The van der Waals surface area contributed by atoms with E-state index >= 15 is 0 Å². The Morgan fingerprint density at radius 2 is 1.47 bits per heavy atom. The smallest absolute Gasteiger partial charge is 0.272 e. The highest BCUT2D eigenvalue weighted by Gasteiger charge is 2.67. The molecule has 1 aliphatic heterocycles. The monoisotopic (exact) mass is 620 g/mol. The first kappa shape index (κ1) is 24.5. The number of carbonyl (C=O) groups is 3. The molecule has 11 nitrogen and oxygen atoms in total. The second-order valence-corrected chi connectivity index (χ2v) is 11.2. The van der Waals surface area contributed by atoms with Gasteiger partial charge >= 0.3 is 0 Å². The maximum Gasteiger partial charge on any atom is 0.282 e. The van der Waals surface area contributed by atoms with Crippen molar-refractivity contribution < 1.29 is 24.2 Å². The van der Waals surface area contributed by atoms with Crippen LogP contribution >= 0.6 is 31.9 Å². The van der Waals surface area contributed by atoms with Gasteiger partial charge in [0, 0.05) is 27.9 Å². The fraction of sp³-hybridized carbons (Fsp3) is 0.348. The zero-order chi connectivity index (χ0) is 25.9. The van der Waals surface area contributed by atoms with Gasteiger partial charge in [0.05, 0.1) is 28.2 Å². The van der Waals surface area contributed by atoms with Crippen molar-refractivity contribution in [3.05, 3.63) is 79.9 Å². The first-order valence-electron chi connectivity index (χ1n) is 11.1. The summed E-state index contributed by atoms with van der Waals surface area (Å²) in [6.45, 7) is -0.287. The zero-order valence-electron chi connectivity index (χ0n) is 18.4. The Morgan fingerprint density at radius 3 is 2.00 bits per heavy atom. The lowest BCUT2D eigenvalue weighted by Gasteiger charge is -2.31. The van der Waals surface area contributed by atoms with Gasteiger partial charge in [-0.25, -0.2) is 5.01 Å². The lowest BCUT2D eigenvalue weighted by atomic mass is 9.81. The summed E-state index contributed by atoms with van der Waals surface area (Å²) in [5, 5.41) is 24.4. The molecule has 3 aliphatic rings. The van der Waals surface area contributed by atoms with Crippen LogP contribution in [0.3, 0.4) is 0 Å². The third-order valence-corrected chi connectivity index (χ3v) is 10.5. The van der Waals surface area contributed by atoms with E-state index in [9.17, 15) is 34.6 Å². The molecule has 3 amide bonds. The van der Waals surface area contributed by atoms with E-state index in [1.807, 2.05) is 0 Å². The van der Waals surface area contributed by atoms with Crippen molar-refractivity contribution in [1.82, 2.24) is 10.0 Å². The van der Waals surface area contributed by atoms with Crippen LogP contribution in [0.25, 0.3) is 0 Å². The summed E-state index contributed by atoms with van der Waals surface area (Å²) in [6, 6.07) is 10.6. The van der Waals surface area contributed by atoms with Gasteiger partial charge in [0.1, 0.15) is 5.56 Å². The Kier molecular flexibility index (Phi) is 6.15. The normalized spacial score (nSPS) is 28.3. The van der Waals surface area contributed by atoms with Crippen molar-refractivity contribution in [3.63, 3.8) is 0 Å². The summed E-state index contributed by atoms with van der Waals surface area (Å²) in [6.07, 6.45) is 0.701. The summed E-state index contributed by atoms with van der Waals surface area (Å²) < 4.78 is 0. The molecule has 0 N–H and O–H groups in total.